The molecule has 2 saturated heterocycles. The van der Waals surface area contributed by atoms with E-state index in [0.717, 1.165) is 11.3 Å². The lowest BCUT2D eigenvalue weighted by Gasteiger charge is -2.34. The highest BCUT2D eigenvalue weighted by Crippen LogP contribution is 2.26. The summed E-state index contributed by atoms with van der Waals surface area (Å²) >= 11 is 0. The number of carbonyl (C=O) groups excluding carboxylic acids is 3. The molecule has 0 aromatic heterocycles. The van der Waals surface area contributed by atoms with Crippen LogP contribution in [0.3, 0.4) is 0 Å². The molecule has 1 N–H and O–H groups in total. The highest BCUT2D eigenvalue weighted by atomic mass is 16.6. The highest BCUT2D eigenvalue weighted by Gasteiger charge is 2.36. The van der Waals surface area contributed by atoms with Gasteiger partial charge in [-0.15, -0.1) is 0 Å². The van der Waals surface area contributed by atoms with E-state index in [1.807, 2.05) is 52.0 Å². The first-order valence-corrected chi connectivity index (χ1v) is 10.3. The Morgan fingerprint density at radius 3 is 2.31 bits per heavy atom. The first-order chi connectivity index (χ1) is 13.6. The van der Waals surface area contributed by atoms with E-state index in [1.54, 1.807) is 9.80 Å². The number of ether oxygens (including phenoxy) is 1. The fraction of sp³-hybridized carbons (Fsp3) is 0.591. The van der Waals surface area contributed by atoms with Gasteiger partial charge in [0.05, 0.1) is 5.92 Å². The van der Waals surface area contributed by atoms with Crippen LogP contribution in [0, 0.1) is 12.8 Å². The van der Waals surface area contributed by atoms with Crippen molar-refractivity contribution >= 4 is 23.6 Å². The molecule has 29 heavy (non-hydrogen) atoms. The van der Waals surface area contributed by atoms with Gasteiger partial charge in [-0.1, -0.05) is 17.7 Å². The fourth-order valence-corrected chi connectivity index (χ4v) is 3.71. The Labute approximate surface area is 172 Å². The largest absolute Gasteiger partial charge is 0.444 e. The van der Waals surface area contributed by atoms with Gasteiger partial charge in [0.2, 0.25) is 11.8 Å². The Morgan fingerprint density at radius 2 is 1.72 bits per heavy atom. The third-order valence-electron chi connectivity index (χ3n) is 5.33. The van der Waals surface area contributed by atoms with E-state index in [4.69, 9.17) is 4.74 Å². The average Bonchev–Trinajstić information content (AvgIpc) is 3.03. The van der Waals surface area contributed by atoms with E-state index in [0.29, 0.717) is 32.5 Å². The van der Waals surface area contributed by atoms with Gasteiger partial charge >= 0.3 is 6.09 Å². The number of nitrogens with one attached hydrogen (secondary N) is 1. The number of anilines is 1. The van der Waals surface area contributed by atoms with Crippen LogP contribution in [0.4, 0.5) is 10.5 Å². The van der Waals surface area contributed by atoms with Crippen molar-refractivity contribution in [2.75, 3.05) is 24.5 Å². The van der Waals surface area contributed by atoms with E-state index < -0.39 is 5.60 Å². The van der Waals surface area contributed by atoms with E-state index in [1.165, 1.54) is 0 Å². The molecule has 1 unspecified atom stereocenters. The maximum Gasteiger partial charge on any atom is 0.410 e. The fourth-order valence-electron chi connectivity index (χ4n) is 3.71. The molecule has 7 heteroatoms. The lowest BCUT2D eigenvalue weighted by Crippen LogP contribution is -2.49. The van der Waals surface area contributed by atoms with E-state index in [-0.39, 0.29) is 36.3 Å². The number of carbonyl (C=O) groups is 3. The number of hydrogen-bond donors (Lipinski definition) is 1. The molecule has 2 aliphatic heterocycles. The number of piperidine rings is 1. The normalized spacial score (nSPS) is 20.7. The van der Waals surface area contributed by atoms with Crippen molar-refractivity contribution in [1.29, 1.82) is 0 Å². The molecule has 2 fully saturated rings. The van der Waals surface area contributed by atoms with Crippen LogP contribution >= 0.6 is 0 Å². The molecule has 0 saturated carbocycles. The number of amides is 3. The maximum atomic E-state index is 12.7. The Balaban J connectivity index is 1.48. The molecule has 158 valence electrons. The second kappa shape index (κ2) is 8.43. The van der Waals surface area contributed by atoms with E-state index in [2.05, 4.69) is 5.32 Å². The Hall–Kier alpha value is -2.57. The molecule has 3 rings (SSSR count). The van der Waals surface area contributed by atoms with Crippen LogP contribution in [0.15, 0.2) is 24.3 Å². The van der Waals surface area contributed by atoms with Gasteiger partial charge in [0, 0.05) is 37.8 Å². The van der Waals surface area contributed by atoms with Crippen LogP contribution in [0.5, 0.6) is 0 Å². The van der Waals surface area contributed by atoms with Crippen LogP contribution in [-0.4, -0.2) is 54.1 Å². The summed E-state index contributed by atoms with van der Waals surface area (Å²) in [6.07, 6.45) is 1.30. The van der Waals surface area contributed by atoms with Crippen molar-refractivity contribution in [3.05, 3.63) is 29.8 Å². The molecule has 1 aromatic carbocycles. The second-order valence-corrected chi connectivity index (χ2v) is 8.99. The van der Waals surface area contributed by atoms with Gasteiger partial charge in [-0.25, -0.2) is 4.79 Å². The number of hydrogen-bond acceptors (Lipinski definition) is 4. The zero-order chi connectivity index (χ0) is 21.2. The van der Waals surface area contributed by atoms with Crippen LogP contribution in [0.1, 0.15) is 45.6 Å². The number of benzene rings is 1. The number of rotatable bonds is 3. The smallest absolute Gasteiger partial charge is 0.410 e. The van der Waals surface area contributed by atoms with Gasteiger partial charge < -0.3 is 19.9 Å². The van der Waals surface area contributed by atoms with Gasteiger partial charge in [-0.3, -0.25) is 9.59 Å². The Bertz CT molecular complexity index is 761. The molecule has 7 nitrogen and oxygen atoms in total. The van der Waals surface area contributed by atoms with Crippen LogP contribution in [0.2, 0.25) is 0 Å². The van der Waals surface area contributed by atoms with Gasteiger partial charge in [0.1, 0.15) is 5.60 Å². The number of nitrogens with zero attached hydrogens (tertiary/aromatic N) is 2. The Morgan fingerprint density at radius 1 is 1.10 bits per heavy atom. The van der Waals surface area contributed by atoms with E-state index >= 15 is 0 Å². The van der Waals surface area contributed by atoms with Crippen LogP contribution in [-0.2, 0) is 14.3 Å². The molecule has 0 aliphatic carbocycles. The maximum absolute atomic E-state index is 12.7. The van der Waals surface area contributed by atoms with Gasteiger partial charge in [0.25, 0.3) is 0 Å². The summed E-state index contributed by atoms with van der Waals surface area (Å²) in [5.41, 5.74) is 1.45. The summed E-state index contributed by atoms with van der Waals surface area (Å²) in [6, 6.07) is 7.78. The SMILES string of the molecule is Cc1ccc(N2CC(C(=O)NC3CCN(C(=O)OC(C)(C)C)CC3)CC2=O)cc1. The summed E-state index contributed by atoms with van der Waals surface area (Å²) in [7, 11) is 0. The quantitative estimate of drug-likeness (QED) is 0.845. The summed E-state index contributed by atoms with van der Waals surface area (Å²) in [5.74, 6) is -0.440. The average molecular weight is 402 g/mol. The molecule has 0 bridgehead atoms. The topological polar surface area (TPSA) is 79.0 Å². The lowest BCUT2D eigenvalue weighted by atomic mass is 10.0. The monoisotopic (exact) mass is 401 g/mol. The van der Waals surface area contributed by atoms with Gasteiger partial charge in [0.15, 0.2) is 0 Å². The molecule has 3 amide bonds. The molecule has 0 radical (unpaired) electrons. The minimum Gasteiger partial charge on any atom is -0.444 e. The van der Waals surface area contributed by atoms with Crippen molar-refractivity contribution < 1.29 is 19.1 Å². The minimum absolute atomic E-state index is 0.0183. The predicted molar refractivity (Wildman–Crippen MR) is 111 cm³/mol. The highest BCUT2D eigenvalue weighted by molar-refractivity contribution is 6.00. The molecule has 2 heterocycles. The standard InChI is InChI=1S/C22H31N3O4/c1-15-5-7-18(8-6-15)25-14-16(13-19(25)26)20(27)23-17-9-11-24(12-10-17)21(28)29-22(2,3)4/h5-8,16-17H,9-14H2,1-4H3,(H,23,27). The van der Waals surface area contributed by atoms with Crippen LogP contribution < -0.4 is 10.2 Å². The Kier molecular flexibility index (Phi) is 6.15. The third kappa shape index (κ3) is 5.49. The predicted octanol–water partition coefficient (Wildman–Crippen LogP) is 2.86. The zero-order valence-corrected chi connectivity index (χ0v) is 17.7. The van der Waals surface area contributed by atoms with Crippen molar-refractivity contribution in [2.24, 2.45) is 5.92 Å². The van der Waals surface area contributed by atoms with Crippen molar-refractivity contribution in [3.63, 3.8) is 0 Å². The number of aryl methyl sites for hydroxylation is 1. The van der Waals surface area contributed by atoms with Gasteiger partial charge in [-0.2, -0.15) is 0 Å². The third-order valence-corrected chi connectivity index (χ3v) is 5.33. The molecular weight excluding hydrogens is 370 g/mol. The summed E-state index contributed by atoms with van der Waals surface area (Å²) in [5, 5.41) is 3.07. The molecule has 1 aromatic rings. The minimum atomic E-state index is -0.513. The summed E-state index contributed by atoms with van der Waals surface area (Å²) in [4.78, 5) is 40.6. The summed E-state index contributed by atoms with van der Waals surface area (Å²) < 4.78 is 5.40. The van der Waals surface area contributed by atoms with Crippen molar-refractivity contribution in [2.45, 2.75) is 58.6 Å². The van der Waals surface area contributed by atoms with Gasteiger partial charge in [-0.05, 0) is 52.7 Å². The molecular formula is C22H31N3O4. The molecule has 1 atom stereocenters. The first kappa shape index (κ1) is 21.1. The number of likely N-dealkylation sites (tertiary alicyclic amines) is 1. The molecule has 0 spiro atoms. The van der Waals surface area contributed by atoms with Crippen molar-refractivity contribution in [3.8, 4) is 0 Å². The lowest BCUT2D eigenvalue weighted by molar-refractivity contribution is -0.127. The second-order valence-electron chi connectivity index (χ2n) is 8.99. The first-order valence-electron chi connectivity index (χ1n) is 10.3. The summed E-state index contributed by atoms with van der Waals surface area (Å²) in [6.45, 7) is 9.06. The van der Waals surface area contributed by atoms with Crippen molar-refractivity contribution in [1.82, 2.24) is 10.2 Å². The molecule has 2 aliphatic rings. The van der Waals surface area contributed by atoms with E-state index in [9.17, 15) is 14.4 Å². The van der Waals surface area contributed by atoms with Crippen LogP contribution in [0.25, 0.3) is 0 Å². The zero-order valence-electron chi connectivity index (χ0n) is 17.7.